The van der Waals surface area contributed by atoms with Crippen LogP contribution in [-0.4, -0.2) is 202 Å². The molecule has 5 aromatic rings. The first kappa shape index (κ1) is 64.8. The fourth-order valence-corrected chi connectivity index (χ4v) is 10.3. The van der Waals surface area contributed by atoms with Crippen LogP contribution < -0.4 is 9.64 Å². The molecule has 444 valence electrons. The number of anilines is 1. The zero-order valence-corrected chi connectivity index (χ0v) is 46.1. The van der Waals surface area contributed by atoms with Crippen molar-refractivity contribution in [2.75, 3.05) is 123 Å². The van der Waals surface area contributed by atoms with Crippen LogP contribution in [0.5, 0.6) is 5.75 Å². The van der Waals surface area contributed by atoms with Gasteiger partial charge in [0, 0.05) is 30.2 Å². The summed E-state index contributed by atoms with van der Waals surface area (Å²) in [6, 6.07) is 8.02. The largest absolute Gasteiger partial charge is 0.420 e. The molecule has 27 nitrogen and oxygen atoms in total. The summed E-state index contributed by atoms with van der Waals surface area (Å²) in [7, 11) is -9.71. The molecule has 0 radical (unpaired) electrons. The molecule has 2 aromatic carbocycles. The zero-order valence-electron chi connectivity index (χ0n) is 42.8. The van der Waals surface area contributed by atoms with Crippen LogP contribution in [0, 0.1) is 17.5 Å². The summed E-state index contributed by atoms with van der Waals surface area (Å²) in [5.41, 5.74) is 1.49. The number of aromatic nitrogens is 7. The van der Waals surface area contributed by atoms with Crippen LogP contribution in [0.3, 0.4) is 0 Å². The molecule has 3 aromatic heterocycles. The number of fused-ring (bicyclic) bond motifs is 1. The predicted molar refractivity (Wildman–Crippen MR) is 273 cm³/mol. The molecular weight excluding hydrogens is 1160 g/mol. The van der Waals surface area contributed by atoms with Gasteiger partial charge in [-0.25, -0.2) is 22.5 Å². The third kappa shape index (κ3) is 21.8. The number of benzene rings is 2. The second-order valence-electron chi connectivity index (χ2n) is 17.2. The normalized spacial score (nSPS) is 17.4. The van der Waals surface area contributed by atoms with Crippen LogP contribution in [0.4, 0.5) is 19.0 Å². The number of ether oxygens (including phenoxy) is 10. The van der Waals surface area contributed by atoms with E-state index in [-0.39, 0.29) is 76.7 Å². The number of hydrogen-bond acceptors (Lipinski definition) is 22. The number of hydrogen-bond donors (Lipinski definition) is 5. The van der Waals surface area contributed by atoms with Crippen molar-refractivity contribution in [1.82, 2.24) is 34.7 Å². The molecule has 34 heteroatoms. The zero-order chi connectivity index (χ0) is 57.5. The van der Waals surface area contributed by atoms with E-state index in [0.29, 0.717) is 100 Å². The number of halogens is 5. The quantitative estimate of drug-likeness (QED) is 0.0124. The van der Waals surface area contributed by atoms with Gasteiger partial charge in [0.05, 0.1) is 143 Å². The Labute approximate surface area is 465 Å². The summed E-state index contributed by atoms with van der Waals surface area (Å²) in [6.45, 7) is 4.46. The van der Waals surface area contributed by atoms with Crippen LogP contribution in [0.25, 0.3) is 11.0 Å². The number of rotatable bonds is 39. The molecule has 80 heavy (non-hydrogen) atoms. The standard InChI is InChI=1S/C46H61Cl2F3N8O19P2/c47-35-4-2-1-3-31(35)26-57(43-34-25-52-59(44(34)54-46(48)53-43)45-41(62)40(61)38(77-45)29-76-80(66,67)30-79(63,64)65)6-9-69-12-15-72-19-20-74-21-22-75-28-33-27-58(56-55-33)7-10-70-13-16-73-18-17-71-14-11-68-8-5-39(60)78-42-36(50)23-32(49)24-37(42)51/h1-4,23-25,27,38,40-41,45,61-62H,5-22,26,28-30H2,(H,66,67)(H2,63,64,65)/t38-,40-,41-,45-/m1/s1. The highest BCUT2D eigenvalue weighted by Crippen LogP contribution is 2.55. The maximum atomic E-state index is 13.6. The minimum atomic E-state index is -4.92. The number of carbonyl (C=O) groups excluding carboxylic acids is 1. The highest BCUT2D eigenvalue weighted by Gasteiger charge is 2.46. The number of aliphatic hydroxyl groups excluding tert-OH is 2. The summed E-state index contributed by atoms with van der Waals surface area (Å²) >= 11 is 13.0. The Morgan fingerprint density at radius 2 is 1.35 bits per heavy atom. The minimum absolute atomic E-state index is 0.0688. The maximum absolute atomic E-state index is 13.6. The van der Waals surface area contributed by atoms with Crippen LogP contribution in [0.15, 0.2) is 48.8 Å². The lowest BCUT2D eigenvalue weighted by Gasteiger charge is -2.25. The highest BCUT2D eigenvalue weighted by atomic mass is 35.5. The van der Waals surface area contributed by atoms with Crippen LogP contribution in [0.2, 0.25) is 10.3 Å². The Bertz CT molecular complexity index is 2790. The van der Waals surface area contributed by atoms with E-state index in [0.717, 1.165) is 10.2 Å². The molecule has 0 bridgehead atoms. The number of esters is 1. The van der Waals surface area contributed by atoms with Gasteiger partial charge in [0.25, 0.3) is 0 Å². The van der Waals surface area contributed by atoms with Crippen LogP contribution in [-0.2, 0) is 80.8 Å². The molecule has 0 amide bonds. The molecule has 5 N–H and O–H groups in total. The van der Waals surface area contributed by atoms with Crippen molar-refractivity contribution in [2.45, 2.75) is 50.7 Å². The van der Waals surface area contributed by atoms with E-state index in [1.807, 2.05) is 17.0 Å². The summed E-state index contributed by atoms with van der Waals surface area (Å²) in [6.07, 6.45) is -3.22. The van der Waals surface area contributed by atoms with Gasteiger partial charge >= 0.3 is 21.2 Å². The van der Waals surface area contributed by atoms with Gasteiger partial charge in [-0.1, -0.05) is 35.0 Å². The van der Waals surface area contributed by atoms with Gasteiger partial charge in [-0.05, 0) is 23.2 Å². The monoisotopic (exact) mass is 1220 g/mol. The van der Waals surface area contributed by atoms with E-state index < -0.39 is 81.4 Å². The Morgan fingerprint density at radius 3 is 1.98 bits per heavy atom. The molecule has 1 aliphatic heterocycles. The lowest BCUT2D eigenvalue weighted by molar-refractivity contribution is -0.136. The lowest BCUT2D eigenvalue weighted by Crippen LogP contribution is -2.33. The Balaban J connectivity index is 0.785. The fraction of sp³-hybridized carbons (Fsp3) is 0.565. The van der Waals surface area contributed by atoms with Gasteiger partial charge in [0.15, 0.2) is 29.4 Å². The molecule has 1 saturated heterocycles. The molecule has 5 atom stereocenters. The Morgan fingerprint density at radius 1 is 0.762 bits per heavy atom. The van der Waals surface area contributed by atoms with Gasteiger partial charge in [0.1, 0.15) is 35.6 Å². The van der Waals surface area contributed by atoms with E-state index in [1.165, 1.54) is 6.20 Å². The molecule has 6 rings (SSSR count). The van der Waals surface area contributed by atoms with Gasteiger partial charge in [-0.3, -0.25) is 13.9 Å². The van der Waals surface area contributed by atoms with Gasteiger partial charge < -0.3 is 81.7 Å². The van der Waals surface area contributed by atoms with E-state index in [2.05, 4.69) is 30.1 Å². The minimum Gasteiger partial charge on any atom is -0.420 e. The summed E-state index contributed by atoms with van der Waals surface area (Å²) < 4.78 is 126. The second-order valence-corrected chi connectivity index (χ2v) is 21.9. The molecule has 1 unspecified atom stereocenters. The van der Waals surface area contributed by atoms with Crippen molar-refractivity contribution in [3.05, 3.63) is 87.8 Å². The van der Waals surface area contributed by atoms with Gasteiger partial charge in [-0.15, -0.1) is 5.10 Å². The summed E-state index contributed by atoms with van der Waals surface area (Å²) in [5.74, 6) is -6.80. The average Bonchev–Trinajstić information content (AvgIpc) is 4.30. The summed E-state index contributed by atoms with van der Waals surface area (Å²) in [5, 5.41) is 34.8. The number of carbonyl (C=O) groups is 1. The van der Waals surface area contributed by atoms with Crippen molar-refractivity contribution >= 4 is 61.2 Å². The molecule has 4 heterocycles. The van der Waals surface area contributed by atoms with Crippen molar-refractivity contribution in [1.29, 1.82) is 0 Å². The van der Waals surface area contributed by atoms with Crippen LogP contribution >= 0.6 is 38.4 Å². The number of aliphatic hydroxyl groups is 2. The number of nitrogens with zero attached hydrogens (tertiary/aromatic N) is 8. The van der Waals surface area contributed by atoms with E-state index in [1.54, 1.807) is 23.0 Å². The van der Waals surface area contributed by atoms with Crippen molar-refractivity contribution < 1.29 is 104 Å². The SMILES string of the molecule is O=C(CCOCCOCCOCCOCCn1cc(COCCOCCOCCOCCN(Cc2ccccc2Cl)c2nc(Cl)nc3c2cnn3[C@@H]2O[C@H](COP(=O)(O)CP(=O)(O)O)[C@@H](O)[C@H]2O)nn1)Oc1c(F)cc(F)cc1F. The fourth-order valence-electron chi connectivity index (χ4n) is 7.33. The molecular formula is C46H61Cl2F3N8O19P2. The first-order valence-electron chi connectivity index (χ1n) is 24.6. The first-order valence-corrected chi connectivity index (χ1v) is 29.0. The first-order chi connectivity index (χ1) is 38.4. The molecule has 1 aliphatic rings. The summed E-state index contributed by atoms with van der Waals surface area (Å²) in [4.78, 5) is 50.5. The van der Waals surface area contributed by atoms with E-state index in [4.69, 9.17) is 80.1 Å². The smallest absolute Gasteiger partial charge is 0.340 e. The molecule has 0 aliphatic carbocycles. The van der Waals surface area contributed by atoms with Gasteiger partial charge in [0.2, 0.25) is 11.0 Å². The molecule has 0 spiro atoms. The predicted octanol–water partition coefficient (Wildman–Crippen LogP) is 3.43. The van der Waals surface area contributed by atoms with Crippen molar-refractivity contribution in [3.63, 3.8) is 0 Å². The third-order valence-corrected chi connectivity index (χ3v) is 15.1. The molecule has 0 saturated carbocycles. The topological polar surface area (TPSA) is 331 Å². The maximum Gasteiger partial charge on any atom is 0.340 e. The third-order valence-electron chi connectivity index (χ3n) is 11.1. The van der Waals surface area contributed by atoms with Crippen LogP contribution in [0.1, 0.15) is 23.9 Å². The Hall–Kier alpha value is -4.37. The second kappa shape index (κ2) is 33.1. The Kier molecular flexibility index (Phi) is 26.8. The van der Waals surface area contributed by atoms with Gasteiger partial charge in [-0.2, -0.15) is 15.1 Å². The van der Waals surface area contributed by atoms with E-state index >= 15 is 0 Å². The van der Waals surface area contributed by atoms with Crippen molar-refractivity contribution in [3.8, 4) is 5.75 Å². The van der Waals surface area contributed by atoms with E-state index in [9.17, 15) is 42.2 Å². The highest BCUT2D eigenvalue weighted by molar-refractivity contribution is 7.70. The average molecular weight is 1220 g/mol. The van der Waals surface area contributed by atoms with Crippen molar-refractivity contribution in [2.24, 2.45) is 0 Å². The molecule has 1 fully saturated rings. The lowest BCUT2D eigenvalue weighted by atomic mass is 10.1.